The molecule has 0 saturated carbocycles. The van der Waals surface area contributed by atoms with Gasteiger partial charge in [-0.2, -0.15) is 0 Å². The van der Waals surface area contributed by atoms with Gasteiger partial charge in [-0.1, -0.05) is 18.5 Å². The number of nitrogens with zero attached hydrogens (tertiary/aromatic N) is 1. The van der Waals surface area contributed by atoms with Gasteiger partial charge in [0.2, 0.25) is 5.78 Å². The lowest BCUT2D eigenvalue weighted by molar-refractivity contribution is -0.0146. The van der Waals surface area contributed by atoms with E-state index in [0.717, 1.165) is 13.1 Å². The number of morpholine rings is 1. The zero-order chi connectivity index (χ0) is 11.5. The zero-order valence-corrected chi connectivity index (χ0v) is 10.7. The van der Waals surface area contributed by atoms with Gasteiger partial charge in [0, 0.05) is 13.1 Å². The van der Waals surface area contributed by atoms with Crippen LogP contribution < -0.4 is 0 Å². The molecule has 1 saturated heterocycles. The Hall–Kier alpha value is -0.420. The molecule has 0 bridgehead atoms. The van der Waals surface area contributed by atoms with Crippen LogP contribution in [-0.4, -0.2) is 43.0 Å². The van der Waals surface area contributed by atoms with Crippen molar-refractivity contribution in [3.05, 3.63) is 21.3 Å². The van der Waals surface area contributed by atoms with Gasteiger partial charge < -0.3 is 4.74 Å². The van der Waals surface area contributed by atoms with Crippen LogP contribution in [-0.2, 0) is 4.74 Å². The maximum Gasteiger partial charge on any atom is 0.204 e. The summed E-state index contributed by atoms with van der Waals surface area (Å²) in [6, 6.07) is 1.75. The van der Waals surface area contributed by atoms with Crippen molar-refractivity contribution in [1.29, 1.82) is 0 Å². The Morgan fingerprint density at radius 2 is 2.56 bits per heavy atom. The van der Waals surface area contributed by atoms with Crippen LogP contribution in [0.15, 0.2) is 11.4 Å². The minimum atomic E-state index is -0.357. The Morgan fingerprint density at radius 1 is 1.75 bits per heavy atom. The molecule has 1 unspecified atom stereocenters. The molecule has 1 aromatic heterocycles. The zero-order valence-electron chi connectivity index (χ0n) is 9.11. The fraction of sp³-hybridized carbons (Fsp3) is 0.545. The third-order valence-corrected chi connectivity index (χ3v) is 4.09. The summed E-state index contributed by atoms with van der Waals surface area (Å²) in [6.45, 7) is 5.23. The molecule has 2 heterocycles. The smallest absolute Gasteiger partial charge is 0.204 e. The van der Waals surface area contributed by atoms with E-state index in [1.807, 2.05) is 5.38 Å². The monoisotopic (exact) mass is 259 g/mol. The predicted octanol–water partition coefficient (Wildman–Crippen LogP) is 2.30. The van der Waals surface area contributed by atoms with Crippen LogP contribution >= 0.6 is 22.9 Å². The number of hydrogen-bond acceptors (Lipinski definition) is 4. The maximum absolute atomic E-state index is 12.1. The molecule has 5 heteroatoms. The van der Waals surface area contributed by atoms with E-state index in [1.165, 1.54) is 11.3 Å². The number of hydrogen-bond donors (Lipinski definition) is 0. The molecule has 0 aliphatic carbocycles. The van der Waals surface area contributed by atoms with Crippen molar-refractivity contribution in [1.82, 2.24) is 4.90 Å². The van der Waals surface area contributed by atoms with Crippen molar-refractivity contribution in [2.75, 3.05) is 26.2 Å². The van der Waals surface area contributed by atoms with E-state index in [1.54, 1.807) is 6.07 Å². The highest BCUT2D eigenvalue weighted by Crippen LogP contribution is 2.25. The number of likely N-dealkylation sites (N-methyl/N-ethyl adjacent to an activating group) is 1. The van der Waals surface area contributed by atoms with Crippen LogP contribution in [0, 0.1) is 0 Å². The number of carbonyl (C=O) groups is 1. The Balaban J connectivity index is 2.07. The molecule has 0 N–H and O–H groups in total. The van der Waals surface area contributed by atoms with Crippen molar-refractivity contribution in [3.8, 4) is 0 Å². The fourth-order valence-electron chi connectivity index (χ4n) is 1.76. The molecule has 1 aromatic rings. The first-order valence-corrected chi connectivity index (χ1v) is 6.59. The van der Waals surface area contributed by atoms with Gasteiger partial charge in [0.05, 0.1) is 16.5 Å². The summed E-state index contributed by atoms with van der Waals surface area (Å²) >= 11 is 7.32. The highest BCUT2D eigenvalue weighted by atomic mass is 35.5. The van der Waals surface area contributed by atoms with Crippen molar-refractivity contribution < 1.29 is 9.53 Å². The third-order valence-electron chi connectivity index (χ3n) is 2.73. The van der Waals surface area contributed by atoms with E-state index in [-0.39, 0.29) is 11.9 Å². The summed E-state index contributed by atoms with van der Waals surface area (Å²) in [4.78, 5) is 14.9. The summed E-state index contributed by atoms with van der Waals surface area (Å²) in [5.74, 6) is 0.0122. The standard InChI is InChI=1S/C11H14ClNO2S/c1-2-13-4-5-15-9(7-13)10(14)11-8(12)3-6-16-11/h3,6,9H,2,4-5,7H2,1H3. The first-order valence-electron chi connectivity index (χ1n) is 5.33. The third kappa shape index (κ3) is 2.46. The SMILES string of the molecule is CCN1CCOC(C(=O)c2sccc2Cl)C1. The molecule has 1 aliphatic heterocycles. The largest absolute Gasteiger partial charge is 0.367 e. The van der Waals surface area contributed by atoms with Crippen LogP contribution in [0.1, 0.15) is 16.6 Å². The van der Waals surface area contributed by atoms with Crippen LogP contribution in [0.25, 0.3) is 0 Å². The van der Waals surface area contributed by atoms with Gasteiger partial charge in [-0.25, -0.2) is 0 Å². The minimum absolute atomic E-state index is 0.0122. The highest BCUT2D eigenvalue weighted by molar-refractivity contribution is 7.12. The Labute approximate surface area is 104 Å². The summed E-state index contributed by atoms with van der Waals surface area (Å²) in [5.41, 5.74) is 0. The van der Waals surface area contributed by atoms with E-state index >= 15 is 0 Å². The molecular weight excluding hydrogens is 246 g/mol. The lowest BCUT2D eigenvalue weighted by atomic mass is 10.1. The van der Waals surface area contributed by atoms with Crippen LogP contribution in [0.5, 0.6) is 0 Å². The predicted molar refractivity (Wildman–Crippen MR) is 65.5 cm³/mol. The molecule has 2 rings (SSSR count). The van der Waals surface area contributed by atoms with Gasteiger partial charge in [0.25, 0.3) is 0 Å². The highest BCUT2D eigenvalue weighted by Gasteiger charge is 2.28. The van der Waals surface area contributed by atoms with Crippen LogP contribution in [0.2, 0.25) is 5.02 Å². The molecule has 1 fully saturated rings. The summed E-state index contributed by atoms with van der Waals surface area (Å²) in [6.07, 6.45) is -0.357. The van der Waals surface area contributed by atoms with Crippen molar-refractivity contribution >= 4 is 28.7 Å². The lowest BCUT2D eigenvalue weighted by Gasteiger charge is -2.30. The molecule has 1 aliphatic rings. The van der Waals surface area contributed by atoms with Gasteiger partial charge in [-0.3, -0.25) is 9.69 Å². The van der Waals surface area contributed by atoms with Crippen molar-refractivity contribution in [2.45, 2.75) is 13.0 Å². The van der Waals surface area contributed by atoms with E-state index in [0.29, 0.717) is 23.1 Å². The Morgan fingerprint density at radius 3 is 3.19 bits per heavy atom. The van der Waals surface area contributed by atoms with Gasteiger partial charge in [0.1, 0.15) is 6.10 Å². The van der Waals surface area contributed by atoms with Gasteiger partial charge in [-0.05, 0) is 18.0 Å². The molecule has 16 heavy (non-hydrogen) atoms. The fourth-order valence-corrected chi connectivity index (χ4v) is 2.90. The number of thiophene rings is 1. The number of ether oxygens (including phenoxy) is 1. The summed E-state index contributed by atoms with van der Waals surface area (Å²) < 4.78 is 5.51. The number of Topliss-reactive ketones (excluding diaryl/α,β-unsaturated/α-hetero) is 1. The van der Waals surface area contributed by atoms with E-state index in [9.17, 15) is 4.79 Å². The van der Waals surface area contributed by atoms with Crippen molar-refractivity contribution in [3.63, 3.8) is 0 Å². The molecule has 88 valence electrons. The second kappa shape index (κ2) is 5.27. The van der Waals surface area contributed by atoms with E-state index in [4.69, 9.17) is 16.3 Å². The average molecular weight is 260 g/mol. The van der Waals surface area contributed by atoms with Crippen LogP contribution in [0.4, 0.5) is 0 Å². The van der Waals surface area contributed by atoms with E-state index < -0.39 is 0 Å². The molecule has 0 radical (unpaired) electrons. The van der Waals surface area contributed by atoms with Crippen LogP contribution in [0.3, 0.4) is 0 Å². The molecular formula is C11H14ClNO2S. The number of rotatable bonds is 3. The quantitative estimate of drug-likeness (QED) is 0.781. The Kier molecular flexibility index (Phi) is 3.97. The molecule has 0 amide bonds. The van der Waals surface area contributed by atoms with Crippen molar-refractivity contribution in [2.24, 2.45) is 0 Å². The second-order valence-corrected chi connectivity index (χ2v) is 5.04. The first-order chi connectivity index (χ1) is 7.72. The lowest BCUT2D eigenvalue weighted by Crippen LogP contribution is -2.45. The van der Waals surface area contributed by atoms with Gasteiger partial charge in [0.15, 0.2) is 0 Å². The first kappa shape index (κ1) is 12.0. The molecule has 0 spiro atoms. The number of ketones is 1. The maximum atomic E-state index is 12.1. The summed E-state index contributed by atoms with van der Waals surface area (Å²) in [5, 5.41) is 2.36. The average Bonchev–Trinajstić information content (AvgIpc) is 2.74. The normalized spacial score (nSPS) is 22.2. The van der Waals surface area contributed by atoms with Gasteiger partial charge in [-0.15, -0.1) is 11.3 Å². The topological polar surface area (TPSA) is 29.5 Å². The second-order valence-electron chi connectivity index (χ2n) is 3.71. The van der Waals surface area contributed by atoms with E-state index in [2.05, 4.69) is 11.8 Å². The molecule has 1 atom stereocenters. The number of halogens is 1. The molecule has 3 nitrogen and oxygen atoms in total. The number of carbonyl (C=O) groups excluding carboxylic acids is 1. The Bertz CT molecular complexity index is 380. The molecule has 0 aromatic carbocycles. The minimum Gasteiger partial charge on any atom is -0.367 e. The van der Waals surface area contributed by atoms with Gasteiger partial charge >= 0.3 is 0 Å². The summed E-state index contributed by atoms with van der Waals surface area (Å²) in [7, 11) is 0.